The molecule has 3 nitrogen and oxygen atoms in total. The average molecular weight is 250 g/mol. The van der Waals surface area contributed by atoms with Crippen LogP contribution in [0.2, 0.25) is 0 Å². The zero-order valence-electron chi connectivity index (χ0n) is 1.60. The maximum atomic E-state index is 8.60. The van der Waals surface area contributed by atoms with E-state index in [0.717, 1.165) is 0 Å². The van der Waals surface area contributed by atoms with Crippen LogP contribution in [0.5, 0.6) is 0 Å². The molecule has 0 fully saturated rings. The Morgan fingerprint density at radius 3 is 1.00 bits per heavy atom. The van der Waals surface area contributed by atoms with Crippen LogP contribution in [0.1, 0.15) is 7.43 Å². The van der Waals surface area contributed by atoms with E-state index in [9.17, 15) is 0 Å². The van der Waals surface area contributed by atoms with Gasteiger partial charge in [-0.1, -0.05) is 7.43 Å². The molecule has 4 heteroatoms. The maximum absolute atomic E-state index is 8.60. The van der Waals surface area contributed by atoms with E-state index in [1.165, 1.54) is 0 Å². The van der Waals surface area contributed by atoms with E-state index in [-0.39, 0.29) is 7.43 Å². The molecule has 0 aliphatic heterocycles. The minimum absolute atomic E-state index is 0. The van der Waals surface area contributed by atoms with Crippen LogP contribution in [0, 0.1) is 0 Å². The summed E-state index contributed by atoms with van der Waals surface area (Å²) in [6.45, 7) is 0. The molecule has 0 aromatic rings. The first-order valence-electron chi connectivity index (χ1n) is 0.463. The summed E-state index contributed by atoms with van der Waals surface area (Å²) in [5, 5.41) is 0. The molecule has 0 bridgehead atoms. The Balaban J connectivity index is 0. The first kappa shape index (κ1) is 8.91. The van der Waals surface area contributed by atoms with Crippen LogP contribution in [0.3, 0.4) is 0 Å². The molecule has 0 atom stereocenters. The summed E-state index contributed by atoms with van der Waals surface area (Å²) in [7, 11) is 0. The monoisotopic (exact) mass is 251 g/mol. The zero-order chi connectivity index (χ0) is 3.58. The molecular weight excluding hydrogens is 246 g/mol. The number of rotatable bonds is 0. The normalized spacial score (nSPS) is 4.80. The molecule has 0 saturated heterocycles. The fourth-order valence-corrected chi connectivity index (χ4v) is 0. The summed E-state index contributed by atoms with van der Waals surface area (Å²) in [4.78, 5) is 0. The van der Waals surface area contributed by atoms with Crippen LogP contribution in [-0.2, 0) is 27.0 Å². The Labute approximate surface area is 35.2 Å². The molecule has 0 unspecified atom stereocenters. The first-order valence-corrected chi connectivity index (χ1v) is 3.79. The second-order valence-electron chi connectivity index (χ2n) is 0.189. The van der Waals surface area contributed by atoms with Crippen LogP contribution in [0.25, 0.3) is 0 Å². The molecule has 0 saturated carbocycles. The molecule has 5 heavy (non-hydrogen) atoms. The van der Waals surface area contributed by atoms with Crippen LogP contribution < -0.4 is 0 Å². The van der Waals surface area contributed by atoms with Crippen molar-refractivity contribution >= 4 is 0 Å². The quantitative estimate of drug-likeness (QED) is 0.620. The summed E-state index contributed by atoms with van der Waals surface area (Å²) in [6.07, 6.45) is 0. The first-order chi connectivity index (χ1) is 1.73. The summed E-state index contributed by atoms with van der Waals surface area (Å²) >= 11 is -4.21. The van der Waals surface area contributed by atoms with Crippen molar-refractivity contribution in [2.24, 2.45) is 0 Å². The average Bonchev–Trinajstić information content (AvgIpc) is 0.811. The van der Waals surface area contributed by atoms with Crippen molar-refractivity contribution < 1.29 is 27.0 Å². The van der Waals surface area contributed by atoms with Crippen molar-refractivity contribution in [2.75, 3.05) is 0 Å². The van der Waals surface area contributed by atoms with E-state index in [1.54, 1.807) is 0 Å². The van der Waals surface area contributed by atoms with Gasteiger partial charge < -0.3 is 0 Å². The Morgan fingerprint density at radius 2 is 1.00 bits per heavy atom. The van der Waals surface area contributed by atoms with Gasteiger partial charge in [0.15, 0.2) is 0 Å². The topological polar surface area (TPSA) is 51.2 Å². The molecule has 0 aromatic carbocycles. The van der Waals surface area contributed by atoms with Crippen LogP contribution in [-0.4, -0.2) is 0 Å². The van der Waals surface area contributed by atoms with Gasteiger partial charge in [-0.25, -0.2) is 0 Å². The standard InChI is InChI=1S/CH4.3O.Re/h1H4;;;;. The molecule has 0 spiro atoms. The third-order valence-electron chi connectivity index (χ3n) is 0. The molecule has 0 radical (unpaired) electrons. The Kier molecular flexibility index (Phi) is 7.24. The molecule has 0 aromatic heterocycles. The fourth-order valence-electron chi connectivity index (χ4n) is 0. The number of hydrogen-bond acceptors (Lipinski definition) is 3. The van der Waals surface area contributed by atoms with Gasteiger partial charge in [-0.2, -0.15) is 0 Å². The van der Waals surface area contributed by atoms with E-state index in [0.29, 0.717) is 0 Å². The van der Waals surface area contributed by atoms with Crippen molar-refractivity contribution in [3.63, 3.8) is 0 Å². The summed E-state index contributed by atoms with van der Waals surface area (Å²) in [6, 6.07) is 0. The van der Waals surface area contributed by atoms with Gasteiger partial charge in [0.05, 0.1) is 0 Å². The van der Waals surface area contributed by atoms with E-state index in [2.05, 4.69) is 0 Å². The third kappa shape index (κ3) is 4450. The zero-order valence-corrected chi connectivity index (χ0v) is 4.32. The van der Waals surface area contributed by atoms with Gasteiger partial charge in [-0.15, -0.1) is 0 Å². The SMILES string of the molecule is C.[O]=[Re](=[O])=[O]. The van der Waals surface area contributed by atoms with Crippen LogP contribution in [0.15, 0.2) is 0 Å². The van der Waals surface area contributed by atoms with Crippen molar-refractivity contribution in [3.05, 3.63) is 0 Å². The predicted octanol–water partition coefficient (Wildman–Crippen LogP) is 0.277. The second-order valence-corrected chi connectivity index (χ2v) is 1.55. The van der Waals surface area contributed by atoms with Gasteiger partial charge in [-0.3, -0.25) is 0 Å². The molecule has 0 aliphatic carbocycles. The van der Waals surface area contributed by atoms with Gasteiger partial charge in [0, 0.05) is 0 Å². The molecule has 0 amide bonds. The second kappa shape index (κ2) is 4.06. The van der Waals surface area contributed by atoms with Crippen molar-refractivity contribution in [2.45, 2.75) is 7.43 Å². The molecule has 33 valence electrons. The van der Waals surface area contributed by atoms with Gasteiger partial charge >= 0.3 is 27.0 Å². The van der Waals surface area contributed by atoms with Crippen LogP contribution >= 0.6 is 0 Å². The predicted molar refractivity (Wildman–Crippen MR) is 8.79 cm³/mol. The third-order valence-corrected chi connectivity index (χ3v) is 0. The minimum atomic E-state index is -4.21. The Bertz CT molecular complexity index is 76.3. The van der Waals surface area contributed by atoms with E-state index in [1.807, 2.05) is 0 Å². The molecule has 0 rings (SSSR count). The molecular formula is CH4O3Re. The fraction of sp³-hybridized carbons (Fsp3) is 1.00. The summed E-state index contributed by atoms with van der Waals surface area (Å²) < 4.78 is 25.8. The van der Waals surface area contributed by atoms with Crippen molar-refractivity contribution in [3.8, 4) is 0 Å². The molecule has 0 heterocycles. The molecule has 0 N–H and O–H groups in total. The van der Waals surface area contributed by atoms with Gasteiger partial charge in [0.2, 0.25) is 0 Å². The summed E-state index contributed by atoms with van der Waals surface area (Å²) in [5.74, 6) is 0. The van der Waals surface area contributed by atoms with E-state index < -0.39 is 16.6 Å². The Morgan fingerprint density at radius 1 is 1.00 bits per heavy atom. The van der Waals surface area contributed by atoms with Gasteiger partial charge in [-0.05, 0) is 0 Å². The number of hydrogen-bond donors (Lipinski definition) is 0. The summed E-state index contributed by atoms with van der Waals surface area (Å²) in [5.41, 5.74) is 0. The Hall–Kier alpha value is 0.0623. The van der Waals surface area contributed by atoms with Crippen molar-refractivity contribution in [1.29, 1.82) is 0 Å². The van der Waals surface area contributed by atoms with E-state index >= 15 is 0 Å². The van der Waals surface area contributed by atoms with E-state index in [4.69, 9.17) is 10.4 Å². The van der Waals surface area contributed by atoms with Gasteiger partial charge in [0.1, 0.15) is 0 Å². The van der Waals surface area contributed by atoms with Crippen LogP contribution in [0.4, 0.5) is 0 Å². The van der Waals surface area contributed by atoms with Crippen molar-refractivity contribution in [1.82, 2.24) is 0 Å². The van der Waals surface area contributed by atoms with Gasteiger partial charge in [0.25, 0.3) is 0 Å². The molecule has 0 aliphatic rings.